The third kappa shape index (κ3) is 5.57. The Hall–Kier alpha value is -0.300. The first-order chi connectivity index (χ1) is 4.31. The molecule has 1 fully saturated rings. The molecule has 1 rings (SSSR count). The lowest BCUT2D eigenvalue weighted by Gasteiger charge is -1.94. The molecular weight excluding hydrogens is 112 g/mol. The normalized spacial score (nSPS) is 24.4. The molecular formula is C8H16O. The Bertz CT molecular complexity index is 63.0. The van der Waals surface area contributed by atoms with Gasteiger partial charge in [0.15, 0.2) is 0 Å². The van der Waals surface area contributed by atoms with Crippen molar-refractivity contribution in [3.63, 3.8) is 0 Å². The molecule has 0 radical (unpaired) electrons. The lowest BCUT2D eigenvalue weighted by atomic mass is 10.3. The number of hydrogen-bond acceptors (Lipinski definition) is 1. The highest BCUT2D eigenvalue weighted by Gasteiger charge is 2.07. The number of hydrogen-bond donors (Lipinski definition) is 0. The molecule has 1 aliphatic rings. The summed E-state index contributed by atoms with van der Waals surface area (Å²) in [6.07, 6.45) is 4.83. The first-order valence-electron chi connectivity index (χ1n) is 3.50. The average Bonchev–Trinajstić information content (AvgIpc) is 2.20. The number of rotatable bonds is 0. The number of ether oxygens (including phenoxy) is 1. The molecule has 0 aliphatic carbocycles. The zero-order chi connectivity index (χ0) is 7.11. The largest absolute Gasteiger partial charge is 0.379 e. The molecule has 1 aliphatic heterocycles. The lowest BCUT2D eigenvalue weighted by Crippen LogP contribution is -1.94. The lowest BCUT2D eigenvalue weighted by molar-refractivity contribution is 0.125. The quantitative estimate of drug-likeness (QED) is 0.455. The molecule has 0 saturated carbocycles. The van der Waals surface area contributed by atoms with Crippen LogP contribution >= 0.6 is 0 Å². The highest BCUT2D eigenvalue weighted by Crippen LogP contribution is 2.09. The van der Waals surface area contributed by atoms with Gasteiger partial charge in [-0.05, 0) is 26.7 Å². The molecule has 0 bridgehead atoms. The SMILES string of the molecule is C=CC.CC1CCCO1. The molecule has 1 heterocycles. The average molecular weight is 128 g/mol. The minimum atomic E-state index is 0.546. The zero-order valence-corrected chi connectivity index (χ0v) is 6.39. The van der Waals surface area contributed by atoms with E-state index in [1.807, 2.05) is 6.92 Å². The van der Waals surface area contributed by atoms with Gasteiger partial charge in [0.2, 0.25) is 0 Å². The summed E-state index contributed by atoms with van der Waals surface area (Å²) < 4.78 is 5.15. The van der Waals surface area contributed by atoms with Gasteiger partial charge < -0.3 is 4.74 Å². The van der Waals surface area contributed by atoms with Crippen LogP contribution in [-0.4, -0.2) is 12.7 Å². The second-order valence-electron chi connectivity index (χ2n) is 2.23. The summed E-state index contributed by atoms with van der Waals surface area (Å²) in [6, 6.07) is 0. The summed E-state index contributed by atoms with van der Waals surface area (Å²) in [7, 11) is 0. The third-order valence-corrected chi connectivity index (χ3v) is 1.16. The summed E-state index contributed by atoms with van der Waals surface area (Å²) >= 11 is 0. The van der Waals surface area contributed by atoms with E-state index < -0.39 is 0 Å². The topological polar surface area (TPSA) is 9.23 Å². The van der Waals surface area contributed by atoms with Gasteiger partial charge in [-0.1, -0.05) is 6.08 Å². The van der Waals surface area contributed by atoms with Crippen molar-refractivity contribution in [2.45, 2.75) is 32.8 Å². The molecule has 0 spiro atoms. The van der Waals surface area contributed by atoms with E-state index in [0.29, 0.717) is 6.10 Å². The Morgan fingerprint density at radius 3 is 2.33 bits per heavy atom. The summed E-state index contributed by atoms with van der Waals surface area (Å²) in [5, 5.41) is 0. The van der Waals surface area contributed by atoms with Crippen molar-refractivity contribution >= 4 is 0 Å². The van der Waals surface area contributed by atoms with Crippen molar-refractivity contribution in [1.29, 1.82) is 0 Å². The standard InChI is InChI=1S/C5H10O.C3H6/c1-5-3-2-4-6-5;1-3-2/h5H,2-4H2,1H3;3H,1H2,2H3. The summed E-state index contributed by atoms with van der Waals surface area (Å²) in [5.74, 6) is 0. The molecule has 0 amide bonds. The van der Waals surface area contributed by atoms with Gasteiger partial charge in [-0.25, -0.2) is 0 Å². The van der Waals surface area contributed by atoms with Gasteiger partial charge in [0.1, 0.15) is 0 Å². The van der Waals surface area contributed by atoms with Gasteiger partial charge in [-0.2, -0.15) is 0 Å². The van der Waals surface area contributed by atoms with Crippen LogP contribution in [0.5, 0.6) is 0 Å². The van der Waals surface area contributed by atoms with Crippen LogP contribution < -0.4 is 0 Å². The summed E-state index contributed by atoms with van der Waals surface area (Å²) in [4.78, 5) is 0. The fraction of sp³-hybridized carbons (Fsp3) is 0.750. The molecule has 54 valence electrons. The highest BCUT2D eigenvalue weighted by atomic mass is 16.5. The van der Waals surface area contributed by atoms with E-state index >= 15 is 0 Å². The van der Waals surface area contributed by atoms with E-state index in [4.69, 9.17) is 4.74 Å². The van der Waals surface area contributed by atoms with Crippen molar-refractivity contribution in [3.8, 4) is 0 Å². The van der Waals surface area contributed by atoms with Crippen LogP contribution in [-0.2, 0) is 4.74 Å². The van der Waals surface area contributed by atoms with Gasteiger partial charge >= 0.3 is 0 Å². The maximum atomic E-state index is 5.15. The van der Waals surface area contributed by atoms with Crippen LogP contribution in [0.25, 0.3) is 0 Å². The van der Waals surface area contributed by atoms with Crippen LogP contribution in [0, 0.1) is 0 Å². The number of allylic oxidation sites excluding steroid dienone is 1. The summed E-state index contributed by atoms with van der Waals surface area (Å²) in [5.41, 5.74) is 0. The molecule has 0 aromatic carbocycles. The Morgan fingerprint density at radius 2 is 2.22 bits per heavy atom. The molecule has 1 nitrogen and oxygen atoms in total. The smallest absolute Gasteiger partial charge is 0.0547 e. The van der Waals surface area contributed by atoms with Crippen LogP contribution in [0.3, 0.4) is 0 Å². The molecule has 1 unspecified atom stereocenters. The first-order valence-corrected chi connectivity index (χ1v) is 3.50. The van der Waals surface area contributed by atoms with E-state index in [1.165, 1.54) is 12.8 Å². The minimum Gasteiger partial charge on any atom is -0.379 e. The predicted molar refractivity (Wildman–Crippen MR) is 40.5 cm³/mol. The molecule has 1 atom stereocenters. The van der Waals surface area contributed by atoms with E-state index in [2.05, 4.69) is 13.5 Å². The van der Waals surface area contributed by atoms with Crippen LogP contribution in [0.4, 0.5) is 0 Å². The van der Waals surface area contributed by atoms with Gasteiger partial charge in [-0.3, -0.25) is 0 Å². The minimum absolute atomic E-state index is 0.546. The molecule has 0 aromatic heterocycles. The third-order valence-electron chi connectivity index (χ3n) is 1.16. The zero-order valence-electron chi connectivity index (χ0n) is 6.39. The molecule has 9 heavy (non-hydrogen) atoms. The van der Waals surface area contributed by atoms with E-state index in [-0.39, 0.29) is 0 Å². The van der Waals surface area contributed by atoms with E-state index in [1.54, 1.807) is 6.08 Å². The Balaban J connectivity index is 0.000000187. The highest BCUT2D eigenvalue weighted by molar-refractivity contribution is 4.56. The van der Waals surface area contributed by atoms with Gasteiger partial charge in [0, 0.05) is 6.61 Å². The van der Waals surface area contributed by atoms with Crippen LogP contribution in [0.1, 0.15) is 26.7 Å². The fourth-order valence-corrected chi connectivity index (χ4v) is 0.739. The van der Waals surface area contributed by atoms with Crippen LogP contribution in [0.15, 0.2) is 12.7 Å². The maximum absolute atomic E-state index is 5.15. The maximum Gasteiger partial charge on any atom is 0.0547 e. The summed E-state index contributed by atoms with van der Waals surface area (Å²) in [6.45, 7) is 8.36. The second kappa shape index (κ2) is 5.83. The van der Waals surface area contributed by atoms with Gasteiger partial charge in [0.25, 0.3) is 0 Å². The van der Waals surface area contributed by atoms with Crippen LogP contribution in [0.2, 0.25) is 0 Å². The Kier molecular flexibility index (Phi) is 5.64. The molecule has 0 N–H and O–H groups in total. The monoisotopic (exact) mass is 128 g/mol. The Labute approximate surface area is 57.7 Å². The van der Waals surface area contributed by atoms with Gasteiger partial charge in [0.05, 0.1) is 6.10 Å². The molecule has 1 heteroatoms. The fourth-order valence-electron chi connectivity index (χ4n) is 0.739. The van der Waals surface area contributed by atoms with Crippen molar-refractivity contribution in [2.75, 3.05) is 6.61 Å². The second-order valence-corrected chi connectivity index (χ2v) is 2.23. The van der Waals surface area contributed by atoms with E-state index in [9.17, 15) is 0 Å². The first kappa shape index (κ1) is 8.70. The molecule has 0 aromatic rings. The van der Waals surface area contributed by atoms with Crippen molar-refractivity contribution < 1.29 is 4.74 Å². The van der Waals surface area contributed by atoms with Crippen molar-refractivity contribution in [1.82, 2.24) is 0 Å². The van der Waals surface area contributed by atoms with Gasteiger partial charge in [-0.15, -0.1) is 6.58 Å². The molecule has 1 saturated heterocycles. The van der Waals surface area contributed by atoms with E-state index in [0.717, 1.165) is 6.61 Å². The Morgan fingerprint density at radius 1 is 1.67 bits per heavy atom. The van der Waals surface area contributed by atoms with Crippen molar-refractivity contribution in [3.05, 3.63) is 12.7 Å². The predicted octanol–water partition coefficient (Wildman–Crippen LogP) is 2.38. The van der Waals surface area contributed by atoms with Crippen molar-refractivity contribution in [2.24, 2.45) is 0 Å².